The van der Waals surface area contributed by atoms with E-state index in [0.717, 1.165) is 12.8 Å². The number of carbonyl (C=O) groups is 2. The number of fused-ring (bicyclic) bond motifs is 2. The highest BCUT2D eigenvalue weighted by molar-refractivity contribution is 5.76. The Labute approximate surface area is 81.6 Å². The van der Waals surface area contributed by atoms with Gasteiger partial charge in [0.2, 0.25) is 0 Å². The Morgan fingerprint density at radius 1 is 1.43 bits per heavy atom. The molecule has 0 aromatic carbocycles. The Morgan fingerprint density at radius 3 is 2.64 bits per heavy atom. The molecule has 1 N–H and O–H groups in total. The minimum atomic E-state index is -0.800. The molecule has 78 valence electrons. The summed E-state index contributed by atoms with van der Waals surface area (Å²) in [6, 6.07) is -0.0708. The average Bonchev–Trinajstić information content (AvgIpc) is 2.73. The van der Waals surface area contributed by atoms with E-state index in [1.165, 1.54) is 7.11 Å². The fourth-order valence-electron chi connectivity index (χ4n) is 2.64. The standard InChI is InChI=1S/C9H13NO4/c1-14-9(13)10-5-2-3-7(10)6(4-5)8(11)12/h5-7H,2-4H2,1H3,(H,11,12). The lowest BCUT2D eigenvalue weighted by atomic mass is 9.89. The lowest BCUT2D eigenvalue weighted by Crippen LogP contribution is -2.37. The predicted octanol–water partition coefficient (Wildman–Crippen LogP) is 0.690. The fourth-order valence-corrected chi connectivity index (χ4v) is 2.64. The third-order valence-corrected chi connectivity index (χ3v) is 3.24. The normalized spacial score (nSPS) is 34.6. The Balaban J connectivity index is 2.16. The van der Waals surface area contributed by atoms with E-state index < -0.39 is 11.9 Å². The van der Waals surface area contributed by atoms with Crippen LogP contribution in [-0.4, -0.2) is 41.3 Å². The molecule has 0 spiro atoms. The van der Waals surface area contributed by atoms with Crippen molar-refractivity contribution >= 4 is 12.1 Å². The quantitative estimate of drug-likeness (QED) is 0.674. The lowest BCUT2D eigenvalue weighted by molar-refractivity contribution is -0.142. The summed E-state index contributed by atoms with van der Waals surface area (Å²) in [6.45, 7) is 0. The van der Waals surface area contributed by atoms with Crippen molar-refractivity contribution in [2.75, 3.05) is 7.11 Å². The zero-order chi connectivity index (χ0) is 10.3. The van der Waals surface area contributed by atoms with Gasteiger partial charge in [0, 0.05) is 12.1 Å². The molecular formula is C9H13NO4. The van der Waals surface area contributed by atoms with Crippen LogP contribution in [0.3, 0.4) is 0 Å². The number of carbonyl (C=O) groups excluding carboxylic acids is 1. The molecular weight excluding hydrogens is 186 g/mol. The van der Waals surface area contributed by atoms with Gasteiger partial charge in [0.15, 0.2) is 0 Å². The minimum Gasteiger partial charge on any atom is -0.481 e. The molecule has 0 aromatic rings. The topological polar surface area (TPSA) is 66.8 Å². The average molecular weight is 199 g/mol. The van der Waals surface area contributed by atoms with Crippen LogP contribution in [0.2, 0.25) is 0 Å². The summed E-state index contributed by atoms with van der Waals surface area (Å²) in [5, 5.41) is 8.93. The zero-order valence-electron chi connectivity index (χ0n) is 7.97. The first-order valence-electron chi connectivity index (χ1n) is 4.74. The van der Waals surface area contributed by atoms with Gasteiger partial charge in [0.05, 0.1) is 13.0 Å². The van der Waals surface area contributed by atoms with E-state index in [0.29, 0.717) is 6.42 Å². The number of carboxylic acid groups (broad SMARTS) is 1. The molecule has 5 heteroatoms. The van der Waals surface area contributed by atoms with Crippen molar-refractivity contribution in [3.05, 3.63) is 0 Å². The second-order valence-corrected chi connectivity index (χ2v) is 3.86. The van der Waals surface area contributed by atoms with Crippen LogP contribution in [0, 0.1) is 5.92 Å². The van der Waals surface area contributed by atoms with E-state index in [1.54, 1.807) is 4.90 Å². The first-order chi connectivity index (χ1) is 6.65. The van der Waals surface area contributed by atoms with Crippen molar-refractivity contribution in [1.82, 2.24) is 4.90 Å². The van der Waals surface area contributed by atoms with E-state index in [-0.39, 0.29) is 18.2 Å². The van der Waals surface area contributed by atoms with Crippen molar-refractivity contribution in [2.24, 2.45) is 5.92 Å². The van der Waals surface area contributed by atoms with Crippen LogP contribution in [0.25, 0.3) is 0 Å². The third-order valence-electron chi connectivity index (χ3n) is 3.24. The third kappa shape index (κ3) is 1.15. The van der Waals surface area contributed by atoms with Crippen LogP contribution in [-0.2, 0) is 9.53 Å². The number of methoxy groups -OCH3 is 1. The van der Waals surface area contributed by atoms with Gasteiger partial charge in [-0.05, 0) is 19.3 Å². The van der Waals surface area contributed by atoms with Crippen molar-refractivity contribution in [3.8, 4) is 0 Å². The highest BCUT2D eigenvalue weighted by Gasteiger charge is 2.51. The van der Waals surface area contributed by atoms with Gasteiger partial charge in [-0.1, -0.05) is 0 Å². The van der Waals surface area contributed by atoms with Crippen molar-refractivity contribution in [3.63, 3.8) is 0 Å². The fraction of sp³-hybridized carbons (Fsp3) is 0.778. The van der Waals surface area contributed by atoms with Crippen LogP contribution < -0.4 is 0 Å². The number of hydrogen-bond acceptors (Lipinski definition) is 3. The molecule has 2 bridgehead atoms. The summed E-state index contributed by atoms with van der Waals surface area (Å²) in [5.74, 6) is -1.20. The Hall–Kier alpha value is -1.26. The Morgan fingerprint density at radius 2 is 2.14 bits per heavy atom. The number of hydrogen-bond donors (Lipinski definition) is 1. The Bertz CT molecular complexity index is 278. The number of rotatable bonds is 1. The van der Waals surface area contributed by atoms with Gasteiger partial charge in [-0.25, -0.2) is 4.79 Å². The number of ether oxygens (including phenoxy) is 1. The van der Waals surface area contributed by atoms with Crippen molar-refractivity contribution in [1.29, 1.82) is 0 Å². The molecule has 2 aliphatic heterocycles. The molecule has 14 heavy (non-hydrogen) atoms. The number of aliphatic carboxylic acids is 1. The van der Waals surface area contributed by atoms with E-state index in [4.69, 9.17) is 5.11 Å². The van der Waals surface area contributed by atoms with E-state index in [1.807, 2.05) is 0 Å². The molecule has 5 nitrogen and oxygen atoms in total. The van der Waals surface area contributed by atoms with Gasteiger partial charge in [-0.3, -0.25) is 4.79 Å². The molecule has 0 radical (unpaired) electrons. The number of carboxylic acids is 1. The van der Waals surface area contributed by atoms with Crippen molar-refractivity contribution in [2.45, 2.75) is 31.3 Å². The van der Waals surface area contributed by atoms with Crippen LogP contribution in [0.4, 0.5) is 4.79 Å². The van der Waals surface area contributed by atoms with Crippen LogP contribution in [0.1, 0.15) is 19.3 Å². The molecule has 2 heterocycles. The maximum Gasteiger partial charge on any atom is 0.410 e. The minimum absolute atomic E-state index is 0.0774. The molecule has 3 unspecified atom stereocenters. The smallest absolute Gasteiger partial charge is 0.410 e. The van der Waals surface area contributed by atoms with E-state index >= 15 is 0 Å². The molecule has 2 aliphatic rings. The molecule has 2 saturated heterocycles. The second kappa shape index (κ2) is 3.15. The van der Waals surface area contributed by atoms with Crippen LogP contribution in [0.5, 0.6) is 0 Å². The molecule has 3 atom stereocenters. The zero-order valence-corrected chi connectivity index (χ0v) is 7.97. The van der Waals surface area contributed by atoms with Crippen LogP contribution >= 0.6 is 0 Å². The highest BCUT2D eigenvalue weighted by atomic mass is 16.5. The summed E-state index contributed by atoms with van der Waals surface area (Å²) in [5.41, 5.74) is 0. The molecule has 0 aliphatic carbocycles. The summed E-state index contributed by atoms with van der Waals surface area (Å²) in [6.07, 6.45) is 1.89. The molecule has 2 rings (SSSR count). The summed E-state index contributed by atoms with van der Waals surface area (Å²) in [7, 11) is 1.33. The van der Waals surface area contributed by atoms with Crippen LogP contribution in [0.15, 0.2) is 0 Å². The summed E-state index contributed by atoms with van der Waals surface area (Å²) >= 11 is 0. The first-order valence-corrected chi connectivity index (χ1v) is 4.74. The first kappa shape index (κ1) is 9.30. The van der Waals surface area contributed by atoms with Gasteiger partial charge in [0.1, 0.15) is 0 Å². The highest BCUT2D eigenvalue weighted by Crippen LogP contribution is 2.41. The monoisotopic (exact) mass is 199 g/mol. The Kier molecular flexibility index (Phi) is 2.09. The maximum atomic E-state index is 11.4. The number of nitrogens with zero attached hydrogens (tertiary/aromatic N) is 1. The molecule has 0 saturated carbocycles. The van der Waals surface area contributed by atoms with Gasteiger partial charge in [-0.2, -0.15) is 0 Å². The van der Waals surface area contributed by atoms with Gasteiger partial charge in [-0.15, -0.1) is 0 Å². The van der Waals surface area contributed by atoms with Gasteiger partial charge in [0.25, 0.3) is 0 Å². The summed E-state index contributed by atoms with van der Waals surface area (Å²) < 4.78 is 4.64. The molecule has 1 amide bonds. The van der Waals surface area contributed by atoms with Crippen molar-refractivity contribution < 1.29 is 19.4 Å². The SMILES string of the molecule is COC(=O)N1C2CCC1C(C(=O)O)C2. The predicted molar refractivity (Wildman–Crippen MR) is 46.8 cm³/mol. The lowest BCUT2D eigenvalue weighted by Gasteiger charge is -2.20. The molecule has 2 fully saturated rings. The second-order valence-electron chi connectivity index (χ2n) is 3.86. The maximum absolute atomic E-state index is 11.4. The summed E-state index contributed by atoms with van der Waals surface area (Å²) in [4.78, 5) is 23.8. The van der Waals surface area contributed by atoms with Gasteiger partial charge >= 0.3 is 12.1 Å². The van der Waals surface area contributed by atoms with Gasteiger partial charge < -0.3 is 14.7 Å². The van der Waals surface area contributed by atoms with E-state index in [2.05, 4.69) is 4.74 Å². The number of amides is 1. The molecule has 0 aromatic heterocycles. The largest absolute Gasteiger partial charge is 0.481 e. The van der Waals surface area contributed by atoms with E-state index in [9.17, 15) is 9.59 Å².